The summed E-state index contributed by atoms with van der Waals surface area (Å²) in [7, 11) is 1.53. The van der Waals surface area contributed by atoms with E-state index < -0.39 is 24.2 Å². The van der Waals surface area contributed by atoms with Crippen LogP contribution in [0.3, 0.4) is 0 Å². The molecule has 0 radical (unpaired) electrons. The Labute approximate surface area is 210 Å². The molecule has 2 atom stereocenters. The van der Waals surface area contributed by atoms with E-state index in [1.807, 2.05) is 12.2 Å². The zero-order chi connectivity index (χ0) is 26.9. The minimum Gasteiger partial charge on any atom is -0.496 e. The van der Waals surface area contributed by atoms with E-state index in [1.54, 1.807) is 60.3 Å². The maximum absolute atomic E-state index is 13.3. The summed E-state index contributed by atoms with van der Waals surface area (Å²) in [6, 6.07) is 13.5. The molecule has 1 N–H and O–H groups in total. The summed E-state index contributed by atoms with van der Waals surface area (Å²) < 4.78 is 65.5. The number of fused-ring (bicyclic) bond motifs is 1. The van der Waals surface area contributed by atoms with Crippen molar-refractivity contribution in [3.8, 4) is 17.2 Å². The second kappa shape index (κ2) is 10.1. The molecule has 6 nitrogen and oxygen atoms in total. The molecule has 0 aliphatic heterocycles. The zero-order valence-electron chi connectivity index (χ0n) is 20.6. The Bertz CT molecular complexity index is 1430. The highest BCUT2D eigenvalue weighted by molar-refractivity contribution is 5.82. The average molecular weight is 516 g/mol. The van der Waals surface area contributed by atoms with Gasteiger partial charge in [-0.1, -0.05) is 0 Å². The van der Waals surface area contributed by atoms with Gasteiger partial charge in [-0.2, -0.15) is 18.3 Å². The quantitative estimate of drug-likeness (QED) is 0.308. The summed E-state index contributed by atoms with van der Waals surface area (Å²) in [6.45, 7) is 5.06. The number of aromatic nitrogens is 2. The molecule has 0 aliphatic carbocycles. The molecule has 4 aromatic rings. The lowest BCUT2D eigenvalue weighted by atomic mass is 9.95. The van der Waals surface area contributed by atoms with Gasteiger partial charge in [0.1, 0.15) is 23.4 Å². The number of nitrogens with zero attached hydrogens (tertiary/aromatic N) is 2. The molecule has 1 aromatic heterocycles. The number of halogens is 4. The molecular weight excluding hydrogens is 490 g/mol. The van der Waals surface area contributed by atoms with Crippen molar-refractivity contribution < 1.29 is 31.8 Å². The molecule has 0 spiro atoms. The van der Waals surface area contributed by atoms with Gasteiger partial charge in [0.25, 0.3) is 0 Å². The van der Waals surface area contributed by atoms with Crippen molar-refractivity contribution in [2.45, 2.75) is 39.1 Å². The second-order valence-corrected chi connectivity index (χ2v) is 8.73. The predicted molar refractivity (Wildman–Crippen MR) is 131 cm³/mol. The summed E-state index contributed by atoms with van der Waals surface area (Å²) >= 11 is 0. The number of rotatable bonds is 7. The molecule has 0 fully saturated rings. The third-order valence-corrected chi connectivity index (χ3v) is 6.03. The highest BCUT2D eigenvalue weighted by atomic mass is 19.4. The standard InChI is InChI=1S/C27H25F4N3O3/c1-15-12-24(36-4)16(2)11-22(15)25(17(3)33-26(35)27(29,30)31)37-21-9-10-23-18(13-21)14-32-34(23)20-7-5-19(28)6-8-20/h5-14,17,25H,1-4H3,(H,33,35)/t17-,25-/m0/s1. The van der Waals surface area contributed by atoms with Crippen molar-refractivity contribution in [2.24, 2.45) is 0 Å². The molecule has 0 bridgehead atoms. The van der Waals surface area contributed by atoms with Crippen LogP contribution in [0.25, 0.3) is 16.6 Å². The number of carbonyl (C=O) groups is 1. The molecular formula is C27H25F4N3O3. The van der Waals surface area contributed by atoms with Gasteiger partial charge in [-0.15, -0.1) is 0 Å². The summed E-state index contributed by atoms with van der Waals surface area (Å²) in [5.41, 5.74) is 3.49. The molecule has 0 saturated heterocycles. The number of hydrogen-bond acceptors (Lipinski definition) is 4. The van der Waals surface area contributed by atoms with Crippen molar-refractivity contribution in [1.82, 2.24) is 15.1 Å². The van der Waals surface area contributed by atoms with Gasteiger partial charge in [0.2, 0.25) is 0 Å². The maximum atomic E-state index is 13.3. The summed E-state index contributed by atoms with van der Waals surface area (Å²) in [5.74, 6) is -1.41. The van der Waals surface area contributed by atoms with Crippen LogP contribution in [0.15, 0.2) is 60.8 Å². The van der Waals surface area contributed by atoms with Crippen LogP contribution in [0.4, 0.5) is 17.6 Å². The van der Waals surface area contributed by atoms with Crippen LogP contribution in [0.1, 0.15) is 29.7 Å². The van der Waals surface area contributed by atoms with E-state index in [2.05, 4.69) is 5.10 Å². The van der Waals surface area contributed by atoms with Gasteiger partial charge in [-0.3, -0.25) is 4.79 Å². The van der Waals surface area contributed by atoms with Crippen LogP contribution in [-0.2, 0) is 4.79 Å². The SMILES string of the molecule is COc1cc(C)c([C@@H](Oc2ccc3c(cnn3-c3ccc(F)cc3)c2)[C@H](C)NC(=O)C(F)(F)F)cc1C. The Morgan fingerprint density at radius 2 is 1.73 bits per heavy atom. The molecule has 1 heterocycles. The largest absolute Gasteiger partial charge is 0.496 e. The number of aryl methyl sites for hydroxylation is 2. The van der Waals surface area contributed by atoms with E-state index >= 15 is 0 Å². The van der Waals surface area contributed by atoms with Crippen molar-refractivity contribution >= 4 is 16.8 Å². The monoisotopic (exact) mass is 515 g/mol. The molecule has 1 amide bonds. The Kier molecular flexibility index (Phi) is 7.11. The van der Waals surface area contributed by atoms with Crippen LogP contribution in [0.5, 0.6) is 11.5 Å². The van der Waals surface area contributed by atoms with Crippen LogP contribution < -0.4 is 14.8 Å². The fourth-order valence-electron chi connectivity index (χ4n) is 4.16. The number of ether oxygens (including phenoxy) is 2. The third-order valence-electron chi connectivity index (χ3n) is 6.03. The molecule has 194 valence electrons. The minimum absolute atomic E-state index is 0.363. The highest BCUT2D eigenvalue weighted by Crippen LogP contribution is 2.33. The molecule has 0 saturated carbocycles. The minimum atomic E-state index is -5.03. The molecule has 4 rings (SSSR count). The van der Waals surface area contributed by atoms with Crippen molar-refractivity contribution in [1.29, 1.82) is 0 Å². The smallest absolute Gasteiger partial charge is 0.471 e. The number of benzene rings is 3. The first-order valence-corrected chi connectivity index (χ1v) is 11.4. The number of amides is 1. The lowest BCUT2D eigenvalue weighted by Crippen LogP contribution is -2.45. The van der Waals surface area contributed by atoms with E-state index in [0.29, 0.717) is 28.1 Å². The number of methoxy groups -OCH3 is 1. The predicted octanol–water partition coefficient (Wildman–Crippen LogP) is 5.98. The van der Waals surface area contributed by atoms with Crippen molar-refractivity contribution in [3.63, 3.8) is 0 Å². The summed E-state index contributed by atoms with van der Waals surface area (Å²) in [6.07, 6.45) is -4.36. The Morgan fingerprint density at radius 3 is 2.38 bits per heavy atom. The first kappa shape index (κ1) is 26.0. The lowest BCUT2D eigenvalue weighted by molar-refractivity contribution is -0.174. The molecule has 0 aliphatic rings. The van der Waals surface area contributed by atoms with Gasteiger partial charge in [0.15, 0.2) is 0 Å². The normalized spacial score (nSPS) is 13.3. The van der Waals surface area contributed by atoms with E-state index in [4.69, 9.17) is 9.47 Å². The van der Waals surface area contributed by atoms with Gasteiger partial charge < -0.3 is 14.8 Å². The van der Waals surface area contributed by atoms with E-state index in [9.17, 15) is 22.4 Å². The van der Waals surface area contributed by atoms with Crippen molar-refractivity contribution in [3.05, 3.63) is 83.3 Å². The Hall–Kier alpha value is -4.08. The topological polar surface area (TPSA) is 65.4 Å². The van der Waals surface area contributed by atoms with Crippen LogP contribution in [0.2, 0.25) is 0 Å². The lowest BCUT2D eigenvalue weighted by Gasteiger charge is -2.28. The number of nitrogens with one attached hydrogen (secondary N) is 1. The third kappa shape index (κ3) is 5.52. The van der Waals surface area contributed by atoms with E-state index in [1.165, 1.54) is 26.2 Å². The van der Waals surface area contributed by atoms with Gasteiger partial charge in [0.05, 0.1) is 30.6 Å². The fourth-order valence-corrected chi connectivity index (χ4v) is 4.16. The summed E-state index contributed by atoms with van der Waals surface area (Å²) in [5, 5.41) is 7.08. The van der Waals surface area contributed by atoms with E-state index in [-0.39, 0.29) is 5.82 Å². The van der Waals surface area contributed by atoms with Gasteiger partial charge in [-0.05, 0) is 92.1 Å². The molecule has 3 aromatic carbocycles. The van der Waals surface area contributed by atoms with Crippen LogP contribution in [-0.4, -0.2) is 35.0 Å². The van der Waals surface area contributed by atoms with Gasteiger partial charge in [0, 0.05) is 5.39 Å². The molecule has 37 heavy (non-hydrogen) atoms. The second-order valence-electron chi connectivity index (χ2n) is 8.73. The van der Waals surface area contributed by atoms with Crippen molar-refractivity contribution in [2.75, 3.05) is 7.11 Å². The molecule has 10 heteroatoms. The number of alkyl halides is 3. The highest BCUT2D eigenvalue weighted by Gasteiger charge is 2.40. The first-order chi connectivity index (χ1) is 17.5. The Balaban J connectivity index is 1.70. The van der Waals surface area contributed by atoms with Crippen LogP contribution >= 0.6 is 0 Å². The first-order valence-electron chi connectivity index (χ1n) is 11.4. The van der Waals surface area contributed by atoms with Gasteiger partial charge >= 0.3 is 12.1 Å². The molecule has 0 unspecified atom stereocenters. The average Bonchev–Trinajstić information content (AvgIpc) is 3.27. The fraction of sp³-hybridized carbons (Fsp3) is 0.259. The van der Waals surface area contributed by atoms with E-state index in [0.717, 1.165) is 16.6 Å². The van der Waals surface area contributed by atoms with Crippen LogP contribution in [0, 0.1) is 19.7 Å². The summed E-state index contributed by atoms with van der Waals surface area (Å²) in [4.78, 5) is 11.7. The number of carbonyl (C=O) groups excluding carboxylic acids is 1. The number of hydrogen-bond donors (Lipinski definition) is 1. The van der Waals surface area contributed by atoms with Gasteiger partial charge in [-0.25, -0.2) is 9.07 Å². The Morgan fingerprint density at radius 1 is 1.03 bits per heavy atom. The maximum Gasteiger partial charge on any atom is 0.471 e. The zero-order valence-corrected chi connectivity index (χ0v) is 20.6.